The number of aromatic nitrogens is 1. The van der Waals surface area contributed by atoms with Crippen molar-refractivity contribution in [3.05, 3.63) is 52.7 Å². The van der Waals surface area contributed by atoms with Gasteiger partial charge in [0.05, 0.1) is 5.56 Å². The predicted molar refractivity (Wildman–Crippen MR) is 140 cm³/mol. The Labute approximate surface area is 217 Å². The van der Waals surface area contributed by atoms with Crippen LogP contribution >= 0.6 is 0 Å². The van der Waals surface area contributed by atoms with Crippen LogP contribution in [0.1, 0.15) is 69.9 Å². The van der Waals surface area contributed by atoms with E-state index in [0.29, 0.717) is 42.9 Å². The molecular weight excluding hydrogens is 473 g/mol. The number of hydrogen-bond donors (Lipinski definition) is 1. The van der Waals surface area contributed by atoms with Crippen molar-refractivity contribution >= 4 is 17.5 Å². The van der Waals surface area contributed by atoms with Gasteiger partial charge in [0.25, 0.3) is 17.7 Å². The van der Waals surface area contributed by atoms with Gasteiger partial charge in [-0.05, 0) is 55.5 Å². The van der Waals surface area contributed by atoms with Crippen LogP contribution in [0.15, 0.2) is 30.5 Å². The van der Waals surface area contributed by atoms with Crippen molar-refractivity contribution in [2.75, 3.05) is 57.3 Å². The second-order valence-electron chi connectivity index (χ2n) is 10.4. The number of carbonyl (C=O) groups is 2. The molecule has 0 unspecified atom stereocenters. The maximum absolute atomic E-state index is 13.4. The molecule has 37 heavy (non-hydrogen) atoms. The molecule has 1 aliphatic carbocycles. The Hall–Kier alpha value is -3.20. The third-order valence-electron chi connectivity index (χ3n) is 7.89. The molecule has 0 atom stereocenters. The quantitative estimate of drug-likeness (QED) is 0.662. The maximum Gasteiger partial charge on any atom is 0.266 e. The van der Waals surface area contributed by atoms with Crippen molar-refractivity contribution in [1.29, 1.82) is 0 Å². The number of nitrogens with zero attached hydrogens (tertiary/aromatic N) is 4. The summed E-state index contributed by atoms with van der Waals surface area (Å²) in [6, 6.07) is 7.82. The Morgan fingerprint density at radius 1 is 0.892 bits per heavy atom. The molecule has 1 aromatic heterocycles. The molecule has 0 spiro atoms. The van der Waals surface area contributed by atoms with Crippen molar-refractivity contribution in [3.63, 3.8) is 0 Å². The van der Waals surface area contributed by atoms with E-state index < -0.39 is 0 Å². The number of piperazine rings is 2. The molecule has 0 radical (unpaired) electrons. The molecule has 2 amide bonds. The van der Waals surface area contributed by atoms with Gasteiger partial charge in [-0.25, -0.2) is 4.98 Å². The van der Waals surface area contributed by atoms with Crippen molar-refractivity contribution in [2.45, 2.75) is 44.9 Å². The highest BCUT2D eigenvalue weighted by atomic mass is 19.3. The fourth-order valence-electron chi connectivity index (χ4n) is 5.83. The van der Waals surface area contributed by atoms with E-state index in [1.54, 1.807) is 11.0 Å². The third kappa shape index (κ3) is 5.71. The molecule has 1 N–H and O–H groups in total. The fourth-order valence-corrected chi connectivity index (χ4v) is 5.83. The van der Waals surface area contributed by atoms with Gasteiger partial charge in [0.15, 0.2) is 0 Å². The van der Waals surface area contributed by atoms with Gasteiger partial charge >= 0.3 is 0 Å². The van der Waals surface area contributed by atoms with E-state index in [0.717, 1.165) is 63.1 Å². The highest BCUT2D eigenvalue weighted by molar-refractivity contribution is 5.96. The minimum Gasteiger partial charge on any atom is -0.369 e. The van der Waals surface area contributed by atoms with E-state index in [4.69, 9.17) is 0 Å². The summed E-state index contributed by atoms with van der Waals surface area (Å²) in [6.45, 7) is 7.58. The lowest BCUT2D eigenvalue weighted by Crippen LogP contribution is -2.50. The topological polar surface area (TPSA) is 78.0 Å². The van der Waals surface area contributed by atoms with E-state index in [1.807, 2.05) is 24.0 Å². The minimum absolute atomic E-state index is 0.00196. The van der Waals surface area contributed by atoms with Crippen LogP contribution in [0.3, 0.4) is 0 Å². The Balaban J connectivity index is 1.24. The first-order valence-corrected chi connectivity index (χ1v) is 13.5. The molecule has 8 nitrogen and oxygen atoms in total. The summed E-state index contributed by atoms with van der Waals surface area (Å²) in [5.74, 6) is -0.0108. The number of amides is 2. The number of pyridine rings is 1. The molecule has 198 valence electrons. The minimum atomic E-state index is -0.140. The monoisotopic (exact) mass is 509 g/mol. The molecule has 2 saturated heterocycles. The number of rotatable bonds is 5. The van der Waals surface area contributed by atoms with Gasteiger partial charge in [-0.1, -0.05) is 19.3 Å². The van der Waals surface area contributed by atoms with Crippen LogP contribution < -0.4 is 15.2 Å². The van der Waals surface area contributed by atoms with Crippen molar-refractivity contribution < 1.29 is 19.1 Å². The number of anilines is 1. The highest BCUT2D eigenvalue weighted by Crippen LogP contribution is 2.37. The number of halogens is 1. The summed E-state index contributed by atoms with van der Waals surface area (Å²) in [5, 5.41) is 3.36. The number of hydrogen-bond acceptors (Lipinski definition) is 6. The van der Waals surface area contributed by atoms with Gasteiger partial charge in [0.2, 0.25) is 0 Å². The first-order chi connectivity index (χ1) is 18.0. The average molecular weight is 510 g/mol. The second kappa shape index (κ2) is 11.5. The SMILES string of the molecule is Cc1cc(C(=O)N2CCN(C(=O)c3cnc(OF)c(C4CCCCC4)c3)CC2)cc(N2CCNCC2)c1. The summed E-state index contributed by atoms with van der Waals surface area (Å²) < 4.78 is 13.1. The van der Waals surface area contributed by atoms with E-state index in [9.17, 15) is 14.1 Å². The zero-order chi connectivity index (χ0) is 25.8. The van der Waals surface area contributed by atoms with Crippen LogP contribution in [0.4, 0.5) is 10.2 Å². The first kappa shape index (κ1) is 25.4. The average Bonchev–Trinajstić information content (AvgIpc) is 2.96. The number of nitrogens with one attached hydrogen (secondary N) is 1. The summed E-state index contributed by atoms with van der Waals surface area (Å²) >= 11 is 0. The zero-order valence-electron chi connectivity index (χ0n) is 21.5. The normalized spacial score (nSPS) is 19.1. The summed E-state index contributed by atoms with van der Waals surface area (Å²) in [5.41, 5.74) is 3.97. The zero-order valence-corrected chi connectivity index (χ0v) is 21.5. The molecule has 3 fully saturated rings. The van der Waals surface area contributed by atoms with E-state index in [2.05, 4.69) is 26.2 Å². The van der Waals surface area contributed by atoms with Crippen LogP contribution in [-0.2, 0) is 0 Å². The highest BCUT2D eigenvalue weighted by Gasteiger charge is 2.28. The van der Waals surface area contributed by atoms with Crippen LogP contribution in [0.5, 0.6) is 5.88 Å². The van der Waals surface area contributed by atoms with E-state index >= 15 is 0 Å². The second-order valence-corrected chi connectivity index (χ2v) is 10.4. The van der Waals surface area contributed by atoms with Crippen LogP contribution in [0, 0.1) is 6.92 Å². The molecule has 5 rings (SSSR count). The Morgan fingerprint density at radius 3 is 2.19 bits per heavy atom. The van der Waals surface area contributed by atoms with Crippen LogP contribution in [-0.4, -0.2) is 79.0 Å². The van der Waals surface area contributed by atoms with Crippen molar-refractivity contribution in [2.24, 2.45) is 0 Å². The van der Waals surface area contributed by atoms with E-state index in [-0.39, 0.29) is 23.6 Å². The molecule has 3 aliphatic rings. The van der Waals surface area contributed by atoms with Crippen molar-refractivity contribution in [3.8, 4) is 5.88 Å². The Bertz CT molecular complexity index is 1120. The summed E-state index contributed by atoms with van der Waals surface area (Å²) in [4.78, 5) is 40.7. The number of aryl methyl sites for hydroxylation is 1. The van der Waals surface area contributed by atoms with Crippen LogP contribution in [0.2, 0.25) is 0 Å². The summed E-state index contributed by atoms with van der Waals surface area (Å²) in [7, 11) is 0. The molecule has 1 aromatic carbocycles. The van der Waals surface area contributed by atoms with Gasteiger partial charge in [-0.15, -0.1) is 0 Å². The maximum atomic E-state index is 13.4. The summed E-state index contributed by atoms with van der Waals surface area (Å²) in [6.07, 6.45) is 6.64. The van der Waals surface area contributed by atoms with Crippen LogP contribution in [0.25, 0.3) is 0 Å². The smallest absolute Gasteiger partial charge is 0.266 e. The molecule has 2 aromatic rings. The fraction of sp³-hybridized carbons (Fsp3) is 0.536. The third-order valence-corrected chi connectivity index (χ3v) is 7.89. The lowest BCUT2D eigenvalue weighted by Gasteiger charge is -2.35. The van der Waals surface area contributed by atoms with Gasteiger partial charge in [0.1, 0.15) is 0 Å². The Kier molecular flexibility index (Phi) is 7.88. The van der Waals surface area contributed by atoms with Gasteiger partial charge < -0.3 is 20.0 Å². The molecule has 1 saturated carbocycles. The lowest BCUT2D eigenvalue weighted by molar-refractivity contribution is -0.0137. The van der Waals surface area contributed by atoms with Gasteiger partial charge in [-0.2, -0.15) is 0 Å². The standard InChI is InChI=1S/C28H36FN5O3/c1-20-15-22(17-24(16-20)32-9-7-30-8-10-32)27(35)33-11-13-34(14-12-33)28(36)23-18-25(26(37-29)31-19-23)21-5-3-2-4-6-21/h15-19,21,30H,2-14H2,1H3. The molecular formula is C28H36FN5O3. The Morgan fingerprint density at radius 2 is 1.54 bits per heavy atom. The van der Waals surface area contributed by atoms with Gasteiger partial charge in [0, 0.05) is 79.9 Å². The molecule has 9 heteroatoms. The number of benzene rings is 1. The lowest BCUT2D eigenvalue weighted by atomic mass is 9.84. The molecule has 0 bridgehead atoms. The predicted octanol–water partition coefficient (Wildman–Crippen LogP) is 3.71. The number of carbonyl (C=O) groups excluding carboxylic acids is 2. The van der Waals surface area contributed by atoms with Gasteiger partial charge in [-0.3, -0.25) is 14.5 Å². The van der Waals surface area contributed by atoms with Crippen molar-refractivity contribution in [1.82, 2.24) is 20.1 Å². The largest absolute Gasteiger partial charge is 0.369 e. The first-order valence-electron chi connectivity index (χ1n) is 13.5. The molecule has 2 aliphatic heterocycles. The molecule has 3 heterocycles. The van der Waals surface area contributed by atoms with E-state index in [1.165, 1.54) is 12.6 Å².